The summed E-state index contributed by atoms with van der Waals surface area (Å²) in [5, 5.41) is 0.990. The fourth-order valence-corrected chi connectivity index (χ4v) is 1.53. The summed E-state index contributed by atoms with van der Waals surface area (Å²) in [4.78, 5) is 11.9. The monoisotopic (exact) mass is 202 g/mol. The summed E-state index contributed by atoms with van der Waals surface area (Å²) in [5.74, 6) is 0.602. The number of fused-ring (bicyclic) bond motifs is 1. The van der Waals surface area contributed by atoms with Crippen LogP contribution >= 0.6 is 0 Å². The van der Waals surface area contributed by atoms with Crippen molar-refractivity contribution < 1.29 is 9.21 Å². The molecule has 0 N–H and O–H groups in total. The van der Waals surface area contributed by atoms with Gasteiger partial charge in [0.1, 0.15) is 5.58 Å². The van der Waals surface area contributed by atoms with Crippen molar-refractivity contribution in [3.05, 3.63) is 36.1 Å². The topological polar surface area (TPSA) is 30.2 Å². The molecular weight excluding hydrogens is 188 g/mol. The summed E-state index contributed by atoms with van der Waals surface area (Å²) in [6.45, 7) is 3.93. The molecule has 1 atom stereocenters. The highest BCUT2D eigenvalue weighted by atomic mass is 16.3. The van der Waals surface area contributed by atoms with E-state index in [-0.39, 0.29) is 11.7 Å². The highest BCUT2D eigenvalue weighted by molar-refractivity contribution is 5.98. The first-order valence-corrected chi connectivity index (χ1v) is 5.25. The normalized spacial score (nSPS) is 12.9. The molecule has 0 bridgehead atoms. The highest BCUT2D eigenvalue weighted by Crippen LogP contribution is 2.21. The zero-order valence-electron chi connectivity index (χ0n) is 8.99. The Balaban J connectivity index is 2.41. The molecule has 0 amide bonds. The van der Waals surface area contributed by atoms with Crippen LogP contribution < -0.4 is 0 Å². The second-order valence-electron chi connectivity index (χ2n) is 3.82. The van der Waals surface area contributed by atoms with E-state index in [1.807, 2.05) is 44.2 Å². The summed E-state index contributed by atoms with van der Waals surface area (Å²) in [7, 11) is 0. The van der Waals surface area contributed by atoms with Gasteiger partial charge in [-0.2, -0.15) is 0 Å². The summed E-state index contributed by atoms with van der Waals surface area (Å²) in [6.07, 6.45) is 0.843. The third-order valence-corrected chi connectivity index (χ3v) is 2.73. The maximum Gasteiger partial charge on any atom is 0.200 e. The summed E-state index contributed by atoms with van der Waals surface area (Å²) < 4.78 is 5.50. The van der Waals surface area contributed by atoms with Gasteiger partial charge in [-0.1, -0.05) is 32.0 Å². The zero-order valence-corrected chi connectivity index (χ0v) is 8.99. The van der Waals surface area contributed by atoms with E-state index in [0.717, 1.165) is 17.4 Å². The predicted octanol–water partition coefficient (Wildman–Crippen LogP) is 3.66. The molecule has 0 saturated heterocycles. The van der Waals surface area contributed by atoms with Crippen LogP contribution in [0.15, 0.2) is 34.7 Å². The molecule has 0 spiro atoms. The lowest BCUT2D eigenvalue weighted by atomic mass is 10.0. The third kappa shape index (κ3) is 1.80. The van der Waals surface area contributed by atoms with Gasteiger partial charge >= 0.3 is 0 Å². The molecule has 2 nitrogen and oxygen atoms in total. The fourth-order valence-electron chi connectivity index (χ4n) is 1.53. The molecule has 1 unspecified atom stereocenters. The largest absolute Gasteiger partial charge is 0.453 e. The number of carbonyl (C=O) groups is 1. The first kappa shape index (κ1) is 9.97. The van der Waals surface area contributed by atoms with Gasteiger partial charge in [0.2, 0.25) is 5.78 Å². The van der Waals surface area contributed by atoms with Crippen LogP contribution in [-0.2, 0) is 0 Å². The molecular formula is C13H14O2. The number of hydrogen-bond acceptors (Lipinski definition) is 2. The molecule has 0 aliphatic carbocycles. The Kier molecular flexibility index (Phi) is 2.58. The van der Waals surface area contributed by atoms with Gasteiger partial charge in [-0.15, -0.1) is 0 Å². The number of Topliss-reactive ketones (excluding diaryl/α,β-unsaturated/α-hetero) is 1. The number of ketones is 1. The number of rotatable bonds is 3. The van der Waals surface area contributed by atoms with Gasteiger partial charge < -0.3 is 4.42 Å². The van der Waals surface area contributed by atoms with Crippen LogP contribution in [0, 0.1) is 5.92 Å². The minimum Gasteiger partial charge on any atom is -0.453 e. The van der Waals surface area contributed by atoms with Crippen molar-refractivity contribution in [2.45, 2.75) is 20.3 Å². The molecule has 0 fully saturated rings. The molecule has 0 aliphatic heterocycles. The van der Waals surface area contributed by atoms with E-state index in [1.165, 1.54) is 0 Å². The fraction of sp³-hybridized carbons (Fsp3) is 0.308. The van der Waals surface area contributed by atoms with Crippen molar-refractivity contribution in [2.24, 2.45) is 5.92 Å². The first-order valence-electron chi connectivity index (χ1n) is 5.25. The predicted molar refractivity (Wildman–Crippen MR) is 60.0 cm³/mol. The molecule has 15 heavy (non-hydrogen) atoms. The molecule has 0 aliphatic rings. The minimum atomic E-state index is 0.0329. The van der Waals surface area contributed by atoms with E-state index in [0.29, 0.717) is 5.76 Å². The van der Waals surface area contributed by atoms with Crippen molar-refractivity contribution in [1.82, 2.24) is 0 Å². The lowest BCUT2D eigenvalue weighted by molar-refractivity contribution is 0.0901. The molecule has 1 aromatic heterocycles. The minimum absolute atomic E-state index is 0.0329. The highest BCUT2D eigenvalue weighted by Gasteiger charge is 2.17. The van der Waals surface area contributed by atoms with Crippen LogP contribution in [0.3, 0.4) is 0 Å². The van der Waals surface area contributed by atoms with Crippen molar-refractivity contribution in [3.63, 3.8) is 0 Å². The summed E-state index contributed by atoms with van der Waals surface area (Å²) in [5.41, 5.74) is 0.782. The second-order valence-corrected chi connectivity index (χ2v) is 3.82. The maximum absolute atomic E-state index is 11.9. The van der Waals surface area contributed by atoms with Gasteiger partial charge in [0, 0.05) is 11.3 Å². The SMILES string of the molecule is CCC(C)C(=O)c1cc2ccccc2o1. The molecule has 78 valence electrons. The molecule has 1 aromatic carbocycles. The van der Waals surface area contributed by atoms with Crippen molar-refractivity contribution >= 4 is 16.8 Å². The Labute approximate surface area is 88.9 Å². The zero-order chi connectivity index (χ0) is 10.8. The van der Waals surface area contributed by atoms with Gasteiger partial charge in [0.15, 0.2) is 5.76 Å². The Morgan fingerprint density at radius 2 is 2.13 bits per heavy atom. The van der Waals surface area contributed by atoms with Gasteiger partial charge in [0.25, 0.3) is 0 Å². The van der Waals surface area contributed by atoms with Crippen molar-refractivity contribution in [3.8, 4) is 0 Å². The van der Waals surface area contributed by atoms with Crippen LogP contribution in [-0.4, -0.2) is 5.78 Å². The summed E-state index contributed by atoms with van der Waals surface area (Å²) in [6, 6.07) is 9.50. The average molecular weight is 202 g/mol. The molecule has 0 saturated carbocycles. The van der Waals surface area contributed by atoms with E-state index < -0.39 is 0 Å². The summed E-state index contributed by atoms with van der Waals surface area (Å²) >= 11 is 0. The second kappa shape index (κ2) is 3.89. The van der Waals surface area contributed by atoms with Crippen LogP contribution in [0.1, 0.15) is 30.8 Å². The average Bonchev–Trinajstić information content (AvgIpc) is 2.70. The van der Waals surface area contributed by atoms with E-state index in [9.17, 15) is 4.79 Å². The van der Waals surface area contributed by atoms with Gasteiger partial charge in [0.05, 0.1) is 0 Å². The Morgan fingerprint density at radius 3 is 2.80 bits per heavy atom. The first-order chi connectivity index (χ1) is 7.22. The Morgan fingerprint density at radius 1 is 1.40 bits per heavy atom. The third-order valence-electron chi connectivity index (χ3n) is 2.73. The lowest BCUT2D eigenvalue weighted by Crippen LogP contribution is -2.08. The van der Waals surface area contributed by atoms with Crippen LogP contribution in [0.25, 0.3) is 11.0 Å². The van der Waals surface area contributed by atoms with Crippen molar-refractivity contribution in [2.75, 3.05) is 0 Å². The standard InChI is InChI=1S/C13H14O2/c1-3-9(2)13(14)12-8-10-6-4-5-7-11(10)15-12/h4-9H,3H2,1-2H3. The van der Waals surface area contributed by atoms with Gasteiger partial charge in [-0.25, -0.2) is 0 Å². The number of carbonyl (C=O) groups excluding carboxylic acids is 1. The number of benzene rings is 1. The van der Waals surface area contributed by atoms with Crippen LogP contribution in [0.5, 0.6) is 0 Å². The van der Waals surface area contributed by atoms with Gasteiger partial charge in [-0.3, -0.25) is 4.79 Å². The molecule has 0 radical (unpaired) electrons. The smallest absolute Gasteiger partial charge is 0.200 e. The van der Waals surface area contributed by atoms with Crippen molar-refractivity contribution in [1.29, 1.82) is 0 Å². The Bertz CT molecular complexity index is 449. The number of furan rings is 1. The molecule has 2 rings (SSSR count). The molecule has 1 heterocycles. The van der Waals surface area contributed by atoms with Crippen LogP contribution in [0.2, 0.25) is 0 Å². The number of para-hydroxylation sites is 1. The van der Waals surface area contributed by atoms with E-state index in [1.54, 1.807) is 0 Å². The van der Waals surface area contributed by atoms with Crippen LogP contribution in [0.4, 0.5) is 0 Å². The maximum atomic E-state index is 11.9. The van der Waals surface area contributed by atoms with Gasteiger partial charge in [-0.05, 0) is 18.6 Å². The Hall–Kier alpha value is -1.57. The van der Waals surface area contributed by atoms with E-state index in [2.05, 4.69) is 0 Å². The lowest BCUT2D eigenvalue weighted by Gasteiger charge is -2.02. The number of hydrogen-bond donors (Lipinski definition) is 0. The molecule has 2 aromatic rings. The quantitative estimate of drug-likeness (QED) is 0.711. The molecule has 2 heteroatoms. The van der Waals surface area contributed by atoms with E-state index in [4.69, 9.17) is 4.42 Å². The van der Waals surface area contributed by atoms with E-state index >= 15 is 0 Å².